The summed E-state index contributed by atoms with van der Waals surface area (Å²) in [6.45, 7) is 8.74. The van der Waals surface area contributed by atoms with Crippen molar-refractivity contribution in [3.05, 3.63) is 99.6 Å². The van der Waals surface area contributed by atoms with Gasteiger partial charge in [0.15, 0.2) is 0 Å². The number of rotatable bonds is 10. The van der Waals surface area contributed by atoms with Crippen LogP contribution < -0.4 is 10.9 Å². The van der Waals surface area contributed by atoms with Crippen LogP contribution >= 0.6 is 11.6 Å². The van der Waals surface area contributed by atoms with Gasteiger partial charge in [0.05, 0.1) is 5.69 Å². The van der Waals surface area contributed by atoms with Crippen molar-refractivity contribution < 1.29 is 0 Å². The number of pyridine rings is 2. The number of hydrogen-bond acceptors (Lipinski definition) is 6. The molecule has 7 nitrogen and oxygen atoms in total. The van der Waals surface area contributed by atoms with Crippen LogP contribution in [0.25, 0.3) is 33.4 Å². The van der Waals surface area contributed by atoms with Crippen LogP contribution in [0.1, 0.15) is 31.4 Å². The maximum absolute atomic E-state index is 13.6. The number of aromatic nitrogens is 4. The third-order valence-corrected chi connectivity index (χ3v) is 7.75. The van der Waals surface area contributed by atoms with Crippen LogP contribution in [-0.4, -0.2) is 44.6 Å². The maximum Gasteiger partial charge on any atom is 0.260 e. The molecular weight excluding hydrogens is 532 g/mol. The van der Waals surface area contributed by atoms with Crippen LogP contribution in [0.3, 0.4) is 0 Å². The van der Waals surface area contributed by atoms with E-state index in [0.717, 1.165) is 53.8 Å². The summed E-state index contributed by atoms with van der Waals surface area (Å²) in [5.41, 5.74) is 6.64. The van der Waals surface area contributed by atoms with E-state index in [1.165, 1.54) is 5.56 Å². The minimum absolute atomic E-state index is 0.147. The van der Waals surface area contributed by atoms with E-state index >= 15 is 0 Å². The normalized spacial score (nSPS) is 11.4. The van der Waals surface area contributed by atoms with Gasteiger partial charge in [0.2, 0.25) is 5.95 Å². The molecule has 41 heavy (non-hydrogen) atoms. The topological polar surface area (TPSA) is 75.9 Å². The van der Waals surface area contributed by atoms with E-state index in [2.05, 4.69) is 46.3 Å². The molecule has 0 aliphatic carbocycles. The predicted octanol–water partition coefficient (Wildman–Crippen LogP) is 7.13. The van der Waals surface area contributed by atoms with E-state index in [-0.39, 0.29) is 5.56 Å². The first-order valence-electron chi connectivity index (χ1n) is 14.0. The largest absolute Gasteiger partial charge is 0.324 e. The molecule has 0 atom stereocenters. The van der Waals surface area contributed by atoms with Gasteiger partial charge in [-0.3, -0.25) is 14.3 Å². The van der Waals surface area contributed by atoms with E-state index in [4.69, 9.17) is 16.6 Å². The highest BCUT2D eigenvalue weighted by Gasteiger charge is 2.16. The lowest BCUT2D eigenvalue weighted by molar-refractivity contribution is 0.347. The van der Waals surface area contributed by atoms with Gasteiger partial charge in [0.25, 0.3) is 5.56 Å². The monoisotopic (exact) mass is 566 g/mol. The Bertz CT molecular complexity index is 1730. The molecule has 0 radical (unpaired) electrons. The number of aryl methyl sites for hydroxylation is 3. The molecule has 8 heteroatoms. The van der Waals surface area contributed by atoms with Crippen LogP contribution in [0.2, 0.25) is 5.02 Å². The average molecular weight is 567 g/mol. The number of fused-ring (bicyclic) bond motifs is 1. The second kappa shape index (κ2) is 12.6. The van der Waals surface area contributed by atoms with Gasteiger partial charge in [0.1, 0.15) is 5.65 Å². The van der Waals surface area contributed by atoms with Gasteiger partial charge >= 0.3 is 0 Å². The maximum atomic E-state index is 13.6. The fraction of sp³-hybridized carbons (Fsp3) is 0.273. The minimum atomic E-state index is -0.147. The molecule has 2 aromatic carbocycles. The van der Waals surface area contributed by atoms with Crippen molar-refractivity contribution in [1.82, 2.24) is 24.4 Å². The number of anilines is 2. The Morgan fingerprint density at radius 1 is 1.00 bits per heavy atom. The van der Waals surface area contributed by atoms with Crippen molar-refractivity contribution in [2.75, 3.05) is 25.5 Å². The van der Waals surface area contributed by atoms with Gasteiger partial charge < -0.3 is 10.2 Å². The average Bonchev–Trinajstić information content (AvgIpc) is 2.98. The Kier molecular flexibility index (Phi) is 8.76. The Morgan fingerprint density at radius 2 is 1.80 bits per heavy atom. The van der Waals surface area contributed by atoms with Crippen molar-refractivity contribution >= 4 is 34.3 Å². The summed E-state index contributed by atoms with van der Waals surface area (Å²) in [6.07, 6.45) is 5.68. The van der Waals surface area contributed by atoms with Gasteiger partial charge in [-0.1, -0.05) is 48.9 Å². The lowest BCUT2D eigenvalue weighted by Crippen LogP contribution is -2.22. The Balaban J connectivity index is 1.40. The van der Waals surface area contributed by atoms with Crippen LogP contribution in [0.4, 0.5) is 11.6 Å². The number of nitrogens with one attached hydrogen (secondary N) is 1. The molecule has 0 aliphatic rings. The molecule has 1 N–H and O–H groups in total. The van der Waals surface area contributed by atoms with Gasteiger partial charge in [-0.05, 0) is 88.3 Å². The fourth-order valence-corrected chi connectivity index (χ4v) is 5.25. The summed E-state index contributed by atoms with van der Waals surface area (Å²) >= 11 is 6.74. The highest BCUT2D eigenvalue weighted by atomic mass is 35.5. The summed E-state index contributed by atoms with van der Waals surface area (Å²) in [5, 5.41) is 4.54. The van der Waals surface area contributed by atoms with E-state index in [0.29, 0.717) is 34.3 Å². The number of nitrogens with zero attached hydrogens (tertiary/aromatic N) is 5. The first-order valence-corrected chi connectivity index (χ1v) is 14.4. The van der Waals surface area contributed by atoms with E-state index < -0.39 is 0 Å². The van der Waals surface area contributed by atoms with Crippen molar-refractivity contribution in [2.24, 2.45) is 0 Å². The first kappa shape index (κ1) is 28.5. The summed E-state index contributed by atoms with van der Waals surface area (Å²) < 4.78 is 1.67. The number of hydrogen-bond donors (Lipinski definition) is 1. The SMILES string of the molecule is CCN(C)CCCc1ccc(Nc2ncc3cc(-c4ccc(-c5ncccc5C)cc4Cl)c(=O)n(CC)c3n2)cc1. The standard InChI is InChI=1S/C33H35ClN6O/c1-5-39(4)18-8-10-23-11-14-26(15-12-23)37-33-36-21-25-19-28(32(41)40(6-2)31(25)38-33)27-16-13-24(20-29(27)34)30-22(3)9-7-17-35-30/h7,9,11-17,19-21H,5-6,8,10,18H2,1-4H3,(H,36,37,38). The highest BCUT2D eigenvalue weighted by Crippen LogP contribution is 2.32. The molecule has 3 heterocycles. The van der Waals surface area contributed by atoms with E-state index in [1.807, 2.05) is 62.4 Å². The first-order chi connectivity index (χ1) is 19.9. The zero-order valence-corrected chi connectivity index (χ0v) is 24.7. The summed E-state index contributed by atoms with van der Waals surface area (Å²) in [5.74, 6) is 0.442. The fourth-order valence-electron chi connectivity index (χ4n) is 4.97. The Morgan fingerprint density at radius 3 is 2.51 bits per heavy atom. The predicted molar refractivity (Wildman–Crippen MR) is 169 cm³/mol. The zero-order chi connectivity index (χ0) is 28.9. The van der Waals surface area contributed by atoms with Gasteiger partial charge in [-0.25, -0.2) is 4.98 Å². The molecule has 0 unspecified atom stereocenters. The Hall–Kier alpha value is -4.07. The molecule has 3 aromatic heterocycles. The van der Waals surface area contributed by atoms with Crippen molar-refractivity contribution in [1.29, 1.82) is 0 Å². The van der Waals surface area contributed by atoms with Gasteiger partial charge in [-0.2, -0.15) is 4.98 Å². The molecule has 0 spiro atoms. The van der Waals surface area contributed by atoms with Gasteiger partial charge in [0, 0.05) is 51.7 Å². The van der Waals surface area contributed by atoms with Crippen LogP contribution in [0.15, 0.2) is 77.9 Å². The second-order valence-corrected chi connectivity index (χ2v) is 10.7. The molecule has 0 bridgehead atoms. The zero-order valence-electron chi connectivity index (χ0n) is 24.0. The third-order valence-electron chi connectivity index (χ3n) is 7.44. The molecule has 0 saturated heterocycles. The van der Waals surface area contributed by atoms with E-state index in [1.54, 1.807) is 17.0 Å². The molecule has 0 aliphatic heterocycles. The smallest absolute Gasteiger partial charge is 0.260 e. The molecule has 5 rings (SSSR count). The summed E-state index contributed by atoms with van der Waals surface area (Å²) in [6, 6.07) is 19.8. The van der Waals surface area contributed by atoms with Crippen LogP contribution in [0, 0.1) is 6.92 Å². The second-order valence-electron chi connectivity index (χ2n) is 10.3. The van der Waals surface area contributed by atoms with Crippen LogP contribution in [0.5, 0.6) is 0 Å². The minimum Gasteiger partial charge on any atom is -0.324 e. The lowest BCUT2D eigenvalue weighted by Gasteiger charge is -2.14. The lowest BCUT2D eigenvalue weighted by atomic mass is 10.0. The molecule has 0 saturated carbocycles. The molecule has 0 amide bonds. The molecule has 5 aromatic rings. The van der Waals surface area contributed by atoms with Crippen molar-refractivity contribution in [2.45, 2.75) is 40.2 Å². The number of halogens is 1. The summed E-state index contributed by atoms with van der Waals surface area (Å²) in [4.78, 5) is 29.7. The third kappa shape index (κ3) is 6.32. The Labute approximate surface area is 245 Å². The molecular formula is C33H35ClN6O. The molecule has 0 fully saturated rings. The number of benzene rings is 2. The van der Waals surface area contributed by atoms with Crippen molar-refractivity contribution in [3.63, 3.8) is 0 Å². The molecule has 210 valence electrons. The van der Waals surface area contributed by atoms with Crippen LogP contribution in [-0.2, 0) is 13.0 Å². The van der Waals surface area contributed by atoms with E-state index in [9.17, 15) is 4.79 Å². The highest BCUT2D eigenvalue weighted by molar-refractivity contribution is 6.33. The quantitative estimate of drug-likeness (QED) is 0.194. The van der Waals surface area contributed by atoms with Crippen molar-refractivity contribution in [3.8, 4) is 22.4 Å². The van der Waals surface area contributed by atoms with Gasteiger partial charge in [-0.15, -0.1) is 0 Å². The summed E-state index contributed by atoms with van der Waals surface area (Å²) in [7, 11) is 2.15.